The number of nitrogens with zero attached hydrogens (tertiary/aromatic N) is 1. The van der Waals surface area contributed by atoms with Crippen molar-refractivity contribution < 1.29 is 14.3 Å². The van der Waals surface area contributed by atoms with E-state index in [-0.39, 0.29) is 12.1 Å². The quantitative estimate of drug-likeness (QED) is 0.787. The molecule has 0 saturated carbocycles. The van der Waals surface area contributed by atoms with Crippen molar-refractivity contribution >= 4 is 5.97 Å². The van der Waals surface area contributed by atoms with Gasteiger partial charge in [-0.05, 0) is 44.0 Å². The zero-order chi connectivity index (χ0) is 15.3. The van der Waals surface area contributed by atoms with Gasteiger partial charge in [0.05, 0.1) is 6.61 Å². The average molecular weight is 301 g/mol. The number of carbonyl (C=O) groups excluding carboxylic acids is 1. The van der Waals surface area contributed by atoms with Crippen molar-refractivity contribution in [2.75, 3.05) is 13.7 Å². The van der Waals surface area contributed by atoms with Crippen LogP contribution in [-0.4, -0.2) is 42.7 Å². The third kappa shape index (κ3) is 2.30. The molecule has 3 aliphatic rings. The van der Waals surface area contributed by atoms with E-state index in [4.69, 9.17) is 9.47 Å². The summed E-state index contributed by atoms with van der Waals surface area (Å²) in [5, 5.41) is 0. The highest BCUT2D eigenvalue weighted by Gasteiger charge is 2.40. The van der Waals surface area contributed by atoms with Crippen LogP contribution in [0.25, 0.3) is 0 Å². The second kappa shape index (κ2) is 5.27. The number of hydrogen-bond acceptors (Lipinski definition) is 4. The minimum Gasteiger partial charge on any atom is -0.492 e. The molecule has 1 aromatic rings. The van der Waals surface area contributed by atoms with Gasteiger partial charge < -0.3 is 14.4 Å². The molecule has 0 N–H and O–H groups in total. The minimum atomic E-state index is -0.212. The molecular formula is C18H23NO3. The number of hydrogen-bond donors (Lipinski definition) is 0. The van der Waals surface area contributed by atoms with Crippen molar-refractivity contribution in [3.8, 4) is 5.75 Å². The summed E-state index contributed by atoms with van der Waals surface area (Å²) < 4.78 is 11.5. The van der Waals surface area contributed by atoms with Gasteiger partial charge in [-0.25, -0.2) is 4.79 Å². The van der Waals surface area contributed by atoms with Crippen LogP contribution in [0.4, 0.5) is 0 Å². The summed E-state index contributed by atoms with van der Waals surface area (Å²) in [6, 6.07) is 5.16. The molecule has 0 aromatic heterocycles. The monoisotopic (exact) mass is 301 g/mol. The standard InChI is InChI=1S/C18H23NO3/c1-11-7-12-5-6-21-17(12)16(8-11)18(20)22-15-9-13-3-4-14(10-15)19(13)2/h7-8,13-15H,3-6,9-10H2,1-2H3/t13-,14+,15?. The zero-order valence-electron chi connectivity index (χ0n) is 13.3. The largest absolute Gasteiger partial charge is 0.492 e. The number of fused-ring (bicyclic) bond motifs is 3. The van der Waals surface area contributed by atoms with E-state index in [9.17, 15) is 4.79 Å². The van der Waals surface area contributed by atoms with Crippen molar-refractivity contribution in [1.29, 1.82) is 0 Å². The molecular weight excluding hydrogens is 278 g/mol. The van der Waals surface area contributed by atoms with Gasteiger partial charge in [0.2, 0.25) is 0 Å². The van der Waals surface area contributed by atoms with E-state index in [2.05, 4.69) is 18.0 Å². The van der Waals surface area contributed by atoms with Crippen molar-refractivity contribution in [2.24, 2.45) is 0 Å². The Balaban J connectivity index is 1.52. The molecule has 1 aromatic carbocycles. The van der Waals surface area contributed by atoms with Crippen LogP contribution in [0.15, 0.2) is 12.1 Å². The molecule has 3 aliphatic heterocycles. The highest BCUT2D eigenvalue weighted by atomic mass is 16.5. The molecule has 0 aliphatic carbocycles. The summed E-state index contributed by atoms with van der Waals surface area (Å²) in [6.07, 6.45) is 5.34. The van der Waals surface area contributed by atoms with E-state index >= 15 is 0 Å². The fourth-order valence-electron chi connectivity index (χ4n) is 4.29. The van der Waals surface area contributed by atoms with Crippen LogP contribution in [0.1, 0.15) is 47.2 Å². The highest BCUT2D eigenvalue weighted by molar-refractivity contribution is 5.93. The molecule has 0 radical (unpaired) electrons. The predicted molar refractivity (Wildman–Crippen MR) is 83.4 cm³/mol. The Labute approximate surface area is 131 Å². The van der Waals surface area contributed by atoms with Crippen LogP contribution in [0.5, 0.6) is 5.75 Å². The van der Waals surface area contributed by atoms with E-state index in [0.29, 0.717) is 24.3 Å². The SMILES string of the molecule is Cc1cc2c(c(C(=O)OC3C[C@H]4CC[C@@H](C3)N4C)c1)OCC2. The molecule has 118 valence electrons. The Kier molecular flexibility index (Phi) is 3.37. The Morgan fingerprint density at radius 2 is 2.00 bits per heavy atom. The van der Waals surface area contributed by atoms with Gasteiger partial charge in [-0.2, -0.15) is 0 Å². The summed E-state index contributed by atoms with van der Waals surface area (Å²) in [5.74, 6) is 0.530. The molecule has 2 fully saturated rings. The van der Waals surface area contributed by atoms with Gasteiger partial charge in [0, 0.05) is 31.3 Å². The van der Waals surface area contributed by atoms with Crippen LogP contribution < -0.4 is 4.74 Å². The summed E-state index contributed by atoms with van der Waals surface area (Å²) in [5.41, 5.74) is 2.84. The molecule has 1 unspecified atom stereocenters. The average Bonchev–Trinajstić information content (AvgIpc) is 3.00. The molecule has 3 heterocycles. The van der Waals surface area contributed by atoms with Crippen LogP contribution in [0, 0.1) is 6.92 Å². The molecule has 4 rings (SSSR count). The van der Waals surface area contributed by atoms with Crippen LogP contribution in [-0.2, 0) is 11.2 Å². The first kappa shape index (κ1) is 14.1. The number of carbonyl (C=O) groups is 1. The first-order chi connectivity index (χ1) is 10.6. The van der Waals surface area contributed by atoms with E-state index < -0.39 is 0 Å². The van der Waals surface area contributed by atoms with Crippen molar-refractivity contribution in [3.63, 3.8) is 0 Å². The Morgan fingerprint density at radius 3 is 2.73 bits per heavy atom. The van der Waals surface area contributed by atoms with Crippen LogP contribution >= 0.6 is 0 Å². The molecule has 4 heteroatoms. The minimum absolute atomic E-state index is 0.0544. The summed E-state index contributed by atoms with van der Waals surface area (Å²) in [6.45, 7) is 2.68. The molecule has 2 bridgehead atoms. The summed E-state index contributed by atoms with van der Waals surface area (Å²) in [7, 11) is 2.20. The Bertz CT molecular complexity index is 599. The topological polar surface area (TPSA) is 38.8 Å². The lowest BCUT2D eigenvalue weighted by molar-refractivity contribution is -0.000696. The smallest absolute Gasteiger partial charge is 0.342 e. The van der Waals surface area contributed by atoms with E-state index in [1.54, 1.807) is 0 Å². The fraction of sp³-hybridized carbons (Fsp3) is 0.611. The lowest BCUT2D eigenvalue weighted by Crippen LogP contribution is -2.43. The summed E-state index contributed by atoms with van der Waals surface area (Å²) in [4.78, 5) is 15.1. The first-order valence-corrected chi connectivity index (χ1v) is 8.31. The second-order valence-electron chi connectivity index (χ2n) is 6.95. The van der Waals surface area contributed by atoms with E-state index in [1.165, 1.54) is 12.8 Å². The van der Waals surface area contributed by atoms with Crippen molar-refractivity contribution in [1.82, 2.24) is 4.90 Å². The lowest BCUT2D eigenvalue weighted by atomic mass is 10.00. The number of esters is 1. The van der Waals surface area contributed by atoms with E-state index in [0.717, 1.165) is 36.1 Å². The van der Waals surface area contributed by atoms with Gasteiger partial charge in [0.1, 0.15) is 17.4 Å². The third-order valence-electron chi connectivity index (χ3n) is 5.48. The van der Waals surface area contributed by atoms with Gasteiger partial charge in [0.25, 0.3) is 0 Å². The number of benzene rings is 1. The maximum absolute atomic E-state index is 12.6. The van der Waals surface area contributed by atoms with Crippen molar-refractivity contribution in [2.45, 2.75) is 57.2 Å². The maximum Gasteiger partial charge on any atom is 0.342 e. The number of rotatable bonds is 2. The van der Waals surface area contributed by atoms with Gasteiger partial charge in [-0.3, -0.25) is 0 Å². The number of piperidine rings is 1. The zero-order valence-corrected chi connectivity index (χ0v) is 13.3. The Morgan fingerprint density at radius 1 is 1.27 bits per heavy atom. The number of ether oxygens (including phenoxy) is 2. The second-order valence-corrected chi connectivity index (χ2v) is 6.95. The molecule has 0 spiro atoms. The molecule has 0 amide bonds. The van der Waals surface area contributed by atoms with Crippen LogP contribution in [0.2, 0.25) is 0 Å². The van der Waals surface area contributed by atoms with Gasteiger partial charge >= 0.3 is 5.97 Å². The highest BCUT2D eigenvalue weighted by Crippen LogP contribution is 2.37. The van der Waals surface area contributed by atoms with Gasteiger partial charge in [-0.1, -0.05) is 6.07 Å². The molecule has 2 saturated heterocycles. The maximum atomic E-state index is 12.6. The van der Waals surface area contributed by atoms with Crippen molar-refractivity contribution in [3.05, 3.63) is 28.8 Å². The van der Waals surface area contributed by atoms with Gasteiger partial charge in [0.15, 0.2) is 0 Å². The Hall–Kier alpha value is -1.55. The van der Waals surface area contributed by atoms with Gasteiger partial charge in [-0.15, -0.1) is 0 Å². The third-order valence-corrected chi connectivity index (χ3v) is 5.48. The molecule has 4 nitrogen and oxygen atoms in total. The fourth-order valence-corrected chi connectivity index (χ4v) is 4.29. The van der Waals surface area contributed by atoms with Crippen LogP contribution in [0.3, 0.4) is 0 Å². The molecule has 22 heavy (non-hydrogen) atoms. The van der Waals surface area contributed by atoms with E-state index in [1.807, 2.05) is 13.0 Å². The summed E-state index contributed by atoms with van der Waals surface area (Å²) >= 11 is 0. The lowest BCUT2D eigenvalue weighted by Gasteiger charge is -2.35. The normalized spacial score (nSPS) is 30.0. The predicted octanol–water partition coefficient (Wildman–Crippen LogP) is 2.71. The molecule has 3 atom stereocenters. The first-order valence-electron chi connectivity index (χ1n) is 8.31. The number of aryl methyl sites for hydroxylation is 1.